The summed E-state index contributed by atoms with van der Waals surface area (Å²) in [5, 5.41) is 7.60. The summed E-state index contributed by atoms with van der Waals surface area (Å²) in [4.78, 5) is 28.7. The number of piperazine rings is 1. The molecule has 0 bridgehead atoms. The average molecular weight is 382 g/mol. The Bertz CT molecular complexity index is 691. The fourth-order valence-corrected chi connectivity index (χ4v) is 3.97. The summed E-state index contributed by atoms with van der Waals surface area (Å²) in [6.07, 6.45) is 6.31. The molecule has 2 aliphatic rings. The SMILES string of the molecule is CC(C)n1ncc(N2CCN(CC(=O)NC3CCCC3)CC2)c(Cl)c1=O. The molecule has 26 heavy (non-hydrogen) atoms. The summed E-state index contributed by atoms with van der Waals surface area (Å²) < 4.78 is 1.40. The average Bonchev–Trinajstić information content (AvgIpc) is 3.10. The first kappa shape index (κ1) is 19.2. The van der Waals surface area contributed by atoms with Gasteiger partial charge in [0.05, 0.1) is 24.5 Å². The molecule has 1 aliphatic carbocycles. The van der Waals surface area contributed by atoms with Crippen LogP contribution in [0.4, 0.5) is 5.69 Å². The molecule has 8 heteroatoms. The van der Waals surface area contributed by atoms with E-state index >= 15 is 0 Å². The smallest absolute Gasteiger partial charge is 0.287 e. The van der Waals surface area contributed by atoms with E-state index in [0.29, 0.717) is 18.3 Å². The highest BCUT2D eigenvalue weighted by Gasteiger charge is 2.24. The quantitative estimate of drug-likeness (QED) is 0.839. The second-order valence-corrected chi connectivity index (χ2v) is 7.88. The van der Waals surface area contributed by atoms with Crippen molar-refractivity contribution in [1.29, 1.82) is 0 Å². The van der Waals surface area contributed by atoms with Crippen LogP contribution in [0.25, 0.3) is 0 Å². The number of rotatable bonds is 5. The maximum atomic E-state index is 12.3. The molecule has 1 aromatic heterocycles. The Kier molecular flexibility index (Phi) is 6.19. The molecule has 0 aromatic carbocycles. The van der Waals surface area contributed by atoms with Crippen molar-refractivity contribution in [3.05, 3.63) is 21.6 Å². The first-order valence-electron chi connectivity index (χ1n) is 9.49. The zero-order valence-corrected chi connectivity index (χ0v) is 16.3. The van der Waals surface area contributed by atoms with Gasteiger partial charge in [-0.25, -0.2) is 4.68 Å². The Balaban J connectivity index is 1.54. The highest BCUT2D eigenvalue weighted by Crippen LogP contribution is 2.23. The van der Waals surface area contributed by atoms with E-state index in [2.05, 4.69) is 20.2 Å². The standard InChI is InChI=1S/C18H28ClN5O2/c1-13(2)24-18(26)17(19)15(11-20-24)23-9-7-22(8-10-23)12-16(25)21-14-5-3-4-6-14/h11,13-14H,3-10,12H2,1-2H3,(H,21,25). The first-order chi connectivity index (χ1) is 12.5. The van der Waals surface area contributed by atoms with Crippen LogP contribution in [0.1, 0.15) is 45.6 Å². The van der Waals surface area contributed by atoms with Gasteiger partial charge >= 0.3 is 0 Å². The van der Waals surface area contributed by atoms with Crippen molar-refractivity contribution in [2.75, 3.05) is 37.6 Å². The molecule has 0 radical (unpaired) electrons. The van der Waals surface area contributed by atoms with E-state index in [1.165, 1.54) is 17.5 Å². The molecule has 144 valence electrons. The summed E-state index contributed by atoms with van der Waals surface area (Å²) in [5.74, 6) is 0.115. The molecule has 1 saturated carbocycles. The van der Waals surface area contributed by atoms with Crippen LogP contribution >= 0.6 is 11.6 Å². The van der Waals surface area contributed by atoms with E-state index in [4.69, 9.17) is 11.6 Å². The number of carbonyl (C=O) groups is 1. The van der Waals surface area contributed by atoms with Crippen molar-refractivity contribution in [1.82, 2.24) is 20.0 Å². The van der Waals surface area contributed by atoms with Crippen LogP contribution in [-0.4, -0.2) is 59.4 Å². The van der Waals surface area contributed by atoms with Crippen LogP contribution in [0, 0.1) is 0 Å². The molecule has 7 nitrogen and oxygen atoms in total. The predicted octanol–water partition coefficient (Wildman–Crippen LogP) is 1.66. The molecular weight excluding hydrogens is 354 g/mol. The van der Waals surface area contributed by atoms with Gasteiger partial charge in [-0.15, -0.1) is 0 Å². The van der Waals surface area contributed by atoms with E-state index in [9.17, 15) is 9.59 Å². The number of anilines is 1. The highest BCUT2D eigenvalue weighted by molar-refractivity contribution is 6.33. The number of nitrogens with zero attached hydrogens (tertiary/aromatic N) is 4. The minimum absolute atomic E-state index is 0.0238. The summed E-state index contributed by atoms with van der Waals surface area (Å²) in [5.41, 5.74) is 0.432. The van der Waals surface area contributed by atoms with Gasteiger partial charge in [0, 0.05) is 32.2 Å². The fourth-order valence-electron chi connectivity index (χ4n) is 3.72. The van der Waals surface area contributed by atoms with Gasteiger partial charge in [0.25, 0.3) is 5.56 Å². The second-order valence-electron chi connectivity index (χ2n) is 7.50. The van der Waals surface area contributed by atoms with Crippen molar-refractivity contribution in [2.45, 2.75) is 51.6 Å². The highest BCUT2D eigenvalue weighted by atomic mass is 35.5. The fraction of sp³-hybridized carbons (Fsp3) is 0.722. The zero-order valence-electron chi connectivity index (χ0n) is 15.6. The van der Waals surface area contributed by atoms with Crippen molar-refractivity contribution in [3.63, 3.8) is 0 Å². The lowest BCUT2D eigenvalue weighted by molar-refractivity contribution is -0.123. The maximum Gasteiger partial charge on any atom is 0.287 e. The van der Waals surface area contributed by atoms with Gasteiger partial charge < -0.3 is 10.2 Å². The van der Waals surface area contributed by atoms with Crippen molar-refractivity contribution < 1.29 is 4.79 Å². The van der Waals surface area contributed by atoms with E-state index in [0.717, 1.165) is 39.0 Å². The summed E-state index contributed by atoms with van der Waals surface area (Å²) >= 11 is 6.30. The third-order valence-corrected chi connectivity index (χ3v) is 5.57. The predicted molar refractivity (Wildman–Crippen MR) is 103 cm³/mol. The molecule has 1 N–H and O–H groups in total. The van der Waals surface area contributed by atoms with Crippen molar-refractivity contribution in [3.8, 4) is 0 Å². The monoisotopic (exact) mass is 381 g/mol. The van der Waals surface area contributed by atoms with Crippen LogP contribution < -0.4 is 15.8 Å². The summed E-state index contributed by atoms with van der Waals surface area (Å²) in [6, 6.07) is 0.338. The molecule has 1 aromatic rings. The first-order valence-corrected chi connectivity index (χ1v) is 9.87. The topological polar surface area (TPSA) is 70.5 Å². The lowest BCUT2D eigenvalue weighted by Crippen LogP contribution is -2.50. The number of amides is 1. The Morgan fingerprint density at radius 2 is 1.92 bits per heavy atom. The minimum Gasteiger partial charge on any atom is -0.366 e. The molecule has 1 amide bonds. The summed E-state index contributed by atoms with van der Waals surface area (Å²) in [7, 11) is 0. The normalized spacial score (nSPS) is 19.3. The van der Waals surface area contributed by atoms with E-state index in [-0.39, 0.29) is 22.5 Å². The lowest BCUT2D eigenvalue weighted by Gasteiger charge is -2.36. The van der Waals surface area contributed by atoms with Gasteiger partial charge in [-0.3, -0.25) is 14.5 Å². The molecule has 3 rings (SSSR count). The molecule has 1 aliphatic heterocycles. The van der Waals surface area contributed by atoms with Gasteiger partial charge in [0.15, 0.2) is 0 Å². The molecule has 0 spiro atoms. The summed E-state index contributed by atoms with van der Waals surface area (Å²) in [6.45, 7) is 7.22. The van der Waals surface area contributed by atoms with Gasteiger partial charge in [0.1, 0.15) is 5.02 Å². The van der Waals surface area contributed by atoms with Crippen LogP contribution in [0.3, 0.4) is 0 Å². The zero-order chi connectivity index (χ0) is 18.7. The molecular formula is C18H28ClN5O2. The lowest BCUT2D eigenvalue weighted by atomic mass is 10.2. The van der Waals surface area contributed by atoms with Gasteiger partial charge in [-0.05, 0) is 26.7 Å². The number of halogens is 1. The Morgan fingerprint density at radius 1 is 1.27 bits per heavy atom. The molecule has 0 unspecified atom stereocenters. The largest absolute Gasteiger partial charge is 0.366 e. The molecule has 2 heterocycles. The third-order valence-electron chi connectivity index (χ3n) is 5.21. The molecule has 0 atom stereocenters. The number of aromatic nitrogens is 2. The van der Waals surface area contributed by atoms with Crippen LogP contribution in [0.5, 0.6) is 0 Å². The number of carbonyl (C=O) groups excluding carboxylic acids is 1. The van der Waals surface area contributed by atoms with Gasteiger partial charge in [-0.2, -0.15) is 5.10 Å². The van der Waals surface area contributed by atoms with E-state index < -0.39 is 0 Å². The van der Waals surface area contributed by atoms with E-state index in [1.54, 1.807) is 6.20 Å². The number of nitrogens with one attached hydrogen (secondary N) is 1. The third kappa shape index (κ3) is 4.38. The van der Waals surface area contributed by atoms with Gasteiger partial charge in [-0.1, -0.05) is 24.4 Å². The Hall–Kier alpha value is -1.60. The van der Waals surface area contributed by atoms with Crippen molar-refractivity contribution in [2.24, 2.45) is 0 Å². The number of hydrogen-bond donors (Lipinski definition) is 1. The second kappa shape index (κ2) is 8.39. The Labute approximate surface area is 159 Å². The number of hydrogen-bond acceptors (Lipinski definition) is 5. The molecule has 2 fully saturated rings. The van der Waals surface area contributed by atoms with Crippen molar-refractivity contribution >= 4 is 23.2 Å². The van der Waals surface area contributed by atoms with Crippen LogP contribution in [0.15, 0.2) is 11.0 Å². The van der Waals surface area contributed by atoms with Crippen LogP contribution in [0.2, 0.25) is 5.02 Å². The van der Waals surface area contributed by atoms with E-state index in [1.807, 2.05) is 13.8 Å². The maximum absolute atomic E-state index is 12.3. The van der Waals surface area contributed by atoms with Crippen LogP contribution in [-0.2, 0) is 4.79 Å². The Morgan fingerprint density at radius 3 is 2.54 bits per heavy atom. The molecule has 1 saturated heterocycles. The minimum atomic E-state index is -0.252. The van der Waals surface area contributed by atoms with Gasteiger partial charge in [0.2, 0.25) is 5.91 Å².